The van der Waals surface area contributed by atoms with Gasteiger partial charge in [-0.25, -0.2) is 4.79 Å². The number of nitrogens with two attached hydrogens (primary N) is 1. The number of benzene rings is 1. The van der Waals surface area contributed by atoms with Crippen molar-refractivity contribution < 1.29 is 9.15 Å². The molecule has 5 rings (SSSR count). The van der Waals surface area contributed by atoms with Crippen LogP contribution in [0.5, 0.6) is 5.75 Å². The van der Waals surface area contributed by atoms with Gasteiger partial charge >= 0.3 is 5.69 Å². The first kappa shape index (κ1) is 23.8. The van der Waals surface area contributed by atoms with E-state index in [2.05, 4.69) is 15.1 Å². The van der Waals surface area contributed by atoms with Crippen LogP contribution < -0.4 is 26.6 Å². The summed E-state index contributed by atoms with van der Waals surface area (Å²) in [5.74, 6) is 2.44. The Balaban J connectivity index is 1.58. The van der Waals surface area contributed by atoms with Crippen molar-refractivity contribution in [2.75, 3.05) is 31.6 Å². The minimum Gasteiger partial charge on any atom is -0.496 e. The van der Waals surface area contributed by atoms with Gasteiger partial charge in [-0.3, -0.25) is 18.5 Å². The summed E-state index contributed by atoms with van der Waals surface area (Å²) < 4.78 is 15.7. The number of rotatable bonds is 6. The molecule has 0 unspecified atom stereocenters. The maximum atomic E-state index is 13.2. The molecule has 3 aromatic heterocycles. The van der Waals surface area contributed by atoms with Crippen molar-refractivity contribution in [3.05, 3.63) is 50.5 Å². The minimum atomic E-state index is -0.432. The lowest BCUT2D eigenvalue weighted by atomic mass is 9.97. The molecule has 12 heteroatoms. The summed E-state index contributed by atoms with van der Waals surface area (Å²) >= 11 is 0. The largest absolute Gasteiger partial charge is 0.496 e. The molecule has 0 aliphatic carbocycles. The molecule has 1 aromatic carbocycles. The molecule has 0 amide bonds. The molecule has 0 bridgehead atoms. The molecule has 0 saturated carbocycles. The van der Waals surface area contributed by atoms with Gasteiger partial charge in [0.1, 0.15) is 12.3 Å². The number of imidazole rings is 1. The Morgan fingerprint density at radius 1 is 1.14 bits per heavy atom. The Bertz CT molecular complexity index is 1540. The number of ether oxygens (including phenoxy) is 1. The number of nitrogens with zero attached hydrogens (tertiary/aromatic N) is 7. The highest BCUT2D eigenvalue weighted by atomic mass is 16.5. The zero-order valence-corrected chi connectivity index (χ0v) is 20.9. The number of aryl methyl sites for hydroxylation is 2. The molecule has 4 heterocycles. The molecule has 0 spiro atoms. The second-order valence-electron chi connectivity index (χ2n) is 9.23. The van der Waals surface area contributed by atoms with Gasteiger partial charge in [0.15, 0.2) is 11.2 Å². The second kappa shape index (κ2) is 9.26. The summed E-state index contributed by atoms with van der Waals surface area (Å²) in [4.78, 5) is 32.7. The zero-order chi connectivity index (χ0) is 25.6. The Morgan fingerprint density at radius 2 is 1.89 bits per heavy atom. The van der Waals surface area contributed by atoms with Gasteiger partial charge in [-0.1, -0.05) is 6.07 Å². The fourth-order valence-corrected chi connectivity index (χ4v) is 4.72. The van der Waals surface area contributed by atoms with Crippen LogP contribution >= 0.6 is 0 Å². The van der Waals surface area contributed by atoms with E-state index in [9.17, 15) is 9.59 Å². The van der Waals surface area contributed by atoms with Crippen molar-refractivity contribution in [1.29, 1.82) is 0 Å². The fourth-order valence-electron chi connectivity index (χ4n) is 4.72. The average molecular weight is 495 g/mol. The number of aromatic nitrogens is 6. The van der Waals surface area contributed by atoms with Crippen molar-refractivity contribution in [3.8, 4) is 17.2 Å². The molecular weight excluding hydrogens is 464 g/mol. The first-order valence-corrected chi connectivity index (χ1v) is 11.9. The highest BCUT2D eigenvalue weighted by molar-refractivity contribution is 5.74. The quantitative estimate of drug-likeness (QED) is 0.416. The van der Waals surface area contributed by atoms with Gasteiger partial charge in [0.05, 0.1) is 7.11 Å². The van der Waals surface area contributed by atoms with E-state index >= 15 is 0 Å². The zero-order valence-electron chi connectivity index (χ0n) is 20.9. The summed E-state index contributed by atoms with van der Waals surface area (Å²) in [5, 5.41) is 8.45. The molecule has 12 nitrogen and oxygen atoms in total. The maximum Gasteiger partial charge on any atom is 0.332 e. The van der Waals surface area contributed by atoms with Crippen LogP contribution in [0.25, 0.3) is 22.6 Å². The van der Waals surface area contributed by atoms with Gasteiger partial charge < -0.3 is 19.8 Å². The van der Waals surface area contributed by atoms with Crippen LogP contribution in [0.1, 0.15) is 24.3 Å². The second-order valence-corrected chi connectivity index (χ2v) is 9.23. The summed E-state index contributed by atoms with van der Waals surface area (Å²) in [6.07, 6.45) is 1.85. The summed E-state index contributed by atoms with van der Waals surface area (Å²) in [6, 6.07) is 5.66. The van der Waals surface area contributed by atoms with Crippen molar-refractivity contribution >= 4 is 17.1 Å². The van der Waals surface area contributed by atoms with Gasteiger partial charge in [-0.2, -0.15) is 4.98 Å². The lowest BCUT2D eigenvalue weighted by molar-refractivity contribution is 0.407. The van der Waals surface area contributed by atoms with Gasteiger partial charge in [-0.05, 0) is 49.9 Å². The van der Waals surface area contributed by atoms with E-state index in [0.29, 0.717) is 41.4 Å². The molecule has 1 fully saturated rings. The topological polar surface area (TPSA) is 139 Å². The number of piperidine rings is 1. The van der Waals surface area contributed by atoms with E-state index in [1.54, 1.807) is 18.7 Å². The lowest BCUT2D eigenvalue weighted by Crippen LogP contribution is -2.38. The number of hydrogen-bond donors (Lipinski definition) is 1. The van der Waals surface area contributed by atoms with E-state index in [4.69, 9.17) is 19.9 Å². The third-order valence-electron chi connectivity index (χ3n) is 6.97. The smallest absolute Gasteiger partial charge is 0.332 e. The Kier molecular flexibility index (Phi) is 6.12. The number of hydrogen-bond acceptors (Lipinski definition) is 9. The van der Waals surface area contributed by atoms with E-state index in [1.165, 1.54) is 11.6 Å². The lowest BCUT2D eigenvalue weighted by Gasteiger charge is -2.32. The Labute approximate surface area is 206 Å². The van der Waals surface area contributed by atoms with Crippen LogP contribution in [0.4, 0.5) is 5.95 Å². The van der Waals surface area contributed by atoms with Gasteiger partial charge in [0.2, 0.25) is 17.7 Å². The van der Waals surface area contributed by atoms with E-state index in [0.717, 1.165) is 47.4 Å². The van der Waals surface area contributed by atoms with Crippen LogP contribution in [0.15, 0.2) is 32.2 Å². The monoisotopic (exact) mass is 494 g/mol. The molecule has 4 aromatic rings. The van der Waals surface area contributed by atoms with Gasteiger partial charge in [0.25, 0.3) is 5.56 Å². The predicted molar refractivity (Wildman–Crippen MR) is 134 cm³/mol. The average Bonchev–Trinajstić information content (AvgIpc) is 3.52. The molecule has 0 radical (unpaired) electrons. The molecular formula is C24H30N8O4. The minimum absolute atomic E-state index is 0.131. The van der Waals surface area contributed by atoms with E-state index in [-0.39, 0.29) is 6.54 Å². The van der Waals surface area contributed by atoms with Gasteiger partial charge in [0, 0.05) is 32.7 Å². The Morgan fingerprint density at radius 3 is 2.58 bits per heavy atom. The first-order valence-electron chi connectivity index (χ1n) is 11.9. The standard InChI is InChI=1S/C24H30N8O4/c1-14-5-6-16(11-17(14)35-4)21-28-27-18(36-21)13-32-19-20(29(2)24(34)30(3)22(19)33)26-23(32)31-9-7-15(12-25)8-10-31/h5-6,11,15H,7-10,12-13,25H2,1-4H3. The number of methoxy groups -OCH3 is 1. The molecule has 1 aliphatic heterocycles. The Hall–Kier alpha value is -3.93. The highest BCUT2D eigenvalue weighted by Gasteiger charge is 2.27. The first-order chi connectivity index (χ1) is 17.3. The molecule has 0 atom stereocenters. The SMILES string of the molecule is COc1cc(-c2nnc(Cn3c(N4CCC(CN)CC4)nc4c3c(=O)n(C)c(=O)n4C)o2)ccc1C. The number of fused-ring (bicyclic) bond motifs is 1. The molecule has 1 aliphatic rings. The van der Waals surface area contributed by atoms with Crippen LogP contribution in [0.3, 0.4) is 0 Å². The van der Waals surface area contributed by atoms with Gasteiger partial charge in [-0.15, -0.1) is 10.2 Å². The fraction of sp³-hybridized carbons (Fsp3) is 0.458. The predicted octanol–water partition coefficient (Wildman–Crippen LogP) is 1.02. The third kappa shape index (κ3) is 3.96. The van der Waals surface area contributed by atoms with E-state index in [1.807, 2.05) is 25.1 Å². The van der Waals surface area contributed by atoms with Crippen molar-refractivity contribution in [1.82, 2.24) is 28.9 Å². The summed E-state index contributed by atoms with van der Waals surface area (Å²) in [7, 11) is 4.69. The van der Waals surface area contributed by atoms with Crippen LogP contribution in [-0.2, 0) is 20.6 Å². The molecule has 1 saturated heterocycles. The summed E-state index contributed by atoms with van der Waals surface area (Å²) in [6.45, 7) is 4.23. The molecule has 2 N–H and O–H groups in total. The molecule has 36 heavy (non-hydrogen) atoms. The van der Waals surface area contributed by atoms with Crippen LogP contribution in [-0.4, -0.2) is 55.6 Å². The van der Waals surface area contributed by atoms with Crippen molar-refractivity contribution in [2.24, 2.45) is 25.7 Å². The normalized spacial score (nSPS) is 14.6. The van der Waals surface area contributed by atoms with Crippen LogP contribution in [0, 0.1) is 12.8 Å². The van der Waals surface area contributed by atoms with Crippen molar-refractivity contribution in [3.63, 3.8) is 0 Å². The maximum absolute atomic E-state index is 13.2. The van der Waals surface area contributed by atoms with Crippen LogP contribution in [0.2, 0.25) is 0 Å². The molecule has 190 valence electrons. The van der Waals surface area contributed by atoms with Crippen molar-refractivity contribution in [2.45, 2.75) is 26.3 Å². The third-order valence-corrected chi connectivity index (χ3v) is 6.97. The highest BCUT2D eigenvalue weighted by Crippen LogP contribution is 2.28. The summed E-state index contributed by atoms with van der Waals surface area (Å²) in [5.41, 5.74) is 7.38. The van der Waals surface area contributed by atoms with E-state index < -0.39 is 11.2 Å². The number of anilines is 1.